The van der Waals surface area contributed by atoms with Crippen molar-refractivity contribution in [1.29, 1.82) is 0 Å². The average Bonchev–Trinajstić information content (AvgIpc) is 2.84. The van der Waals surface area contributed by atoms with Crippen LogP contribution in [0.1, 0.15) is 32.0 Å². The molecule has 6 heteroatoms. The van der Waals surface area contributed by atoms with Crippen LogP contribution in [-0.2, 0) is 13.5 Å². The predicted molar refractivity (Wildman–Crippen MR) is 60.1 cm³/mol. The molecule has 1 aliphatic rings. The maximum absolute atomic E-state index is 5.62. The van der Waals surface area contributed by atoms with Crippen molar-refractivity contribution in [3.8, 4) is 0 Å². The molecule has 0 bridgehead atoms. The molecule has 0 spiro atoms. The van der Waals surface area contributed by atoms with Crippen LogP contribution in [0.3, 0.4) is 0 Å². The summed E-state index contributed by atoms with van der Waals surface area (Å²) in [5.41, 5.74) is 2.91. The van der Waals surface area contributed by atoms with E-state index < -0.39 is 0 Å². The monoisotopic (exact) mass is 224 g/mol. The van der Waals surface area contributed by atoms with Crippen molar-refractivity contribution < 1.29 is 0 Å². The lowest BCUT2D eigenvalue weighted by molar-refractivity contribution is 0.348. The van der Waals surface area contributed by atoms with Crippen LogP contribution >= 0.6 is 0 Å². The Morgan fingerprint density at radius 1 is 1.56 bits per heavy atom. The average molecular weight is 224 g/mol. The van der Waals surface area contributed by atoms with E-state index in [-0.39, 0.29) is 6.04 Å². The number of hydrogen-bond acceptors (Lipinski definition) is 5. The summed E-state index contributed by atoms with van der Waals surface area (Å²) < 4.78 is 0. The number of nitrogens with one attached hydrogen (secondary N) is 1. The quantitative estimate of drug-likeness (QED) is 0.556. The zero-order valence-electron chi connectivity index (χ0n) is 9.93. The minimum absolute atomic E-state index is 0.272. The topological polar surface area (TPSA) is 81.7 Å². The minimum Gasteiger partial charge on any atom is -0.271 e. The molecule has 2 rings (SSSR count). The van der Waals surface area contributed by atoms with Crippen LogP contribution in [0.4, 0.5) is 0 Å². The highest BCUT2D eigenvalue weighted by Crippen LogP contribution is 2.33. The maximum atomic E-state index is 5.62. The van der Waals surface area contributed by atoms with Crippen molar-refractivity contribution in [2.24, 2.45) is 24.7 Å². The Hall–Kier alpha value is -1.01. The van der Waals surface area contributed by atoms with Gasteiger partial charge in [-0.25, -0.2) is 0 Å². The second-order valence-corrected chi connectivity index (χ2v) is 4.85. The second-order valence-electron chi connectivity index (χ2n) is 4.85. The largest absolute Gasteiger partial charge is 0.271 e. The molecule has 1 aliphatic carbocycles. The maximum Gasteiger partial charge on any atom is 0.176 e. The van der Waals surface area contributed by atoms with Crippen LogP contribution in [-0.4, -0.2) is 26.2 Å². The van der Waals surface area contributed by atoms with Crippen molar-refractivity contribution in [3.05, 3.63) is 5.82 Å². The van der Waals surface area contributed by atoms with E-state index in [4.69, 9.17) is 5.84 Å². The molecule has 0 saturated heterocycles. The summed E-state index contributed by atoms with van der Waals surface area (Å²) in [6, 6.07) is 0.272. The Morgan fingerprint density at radius 3 is 2.88 bits per heavy atom. The number of rotatable bonds is 4. The Kier molecular flexibility index (Phi) is 3.50. The molecule has 1 fully saturated rings. The normalized spacial score (nSPS) is 27.2. The van der Waals surface area contributed by atoms with Gasteiger partial charge in [0, 0.05) is 12.5 Å². The van der Waals surface area contributed by atoms with Gasteiger partial charge >= 0.3 is 0 Å². The number of hydrazine groups is 1. The number of nitrogens with zero attached hydrogens (tertiary/aromatic N) is 4. The summed E-state index contributed by atoms with van der Waals surface area (Å²) in [5, 5.41) is 12.0. The summed E-state index contributed by atoms with van der Waals surface area (Å²) in [4.78, 5) is 1.49. The van der Waals surface area contributed by atoms with E-state index in [0.29, 0.717) is 5.92 Å². The summed E-state index contributed by atoms with van der Waals surface area (Å²) >= 11 is 0. The van der Waals surface area contributed by atoms with Crippen LogP contribution in [0.15, 0.2) is 0 Å². The Balaban J connectivity index is 1.95. The molecular formula is C10H20N6. The third-order valence-electron chi connectivity index (χ3n) is 3.47. The van der Waals surface area contributed by atoms with Gasteiger partial charge in [0.1, 0.15) is 0 Å². The lowest BCUT2D eigenvalue weighted by Crippen LogP contribution is -2.42. The van der Waals surface area contributed by atoms with Gasteiger partial charge in [-0.2, -0.15) is 4.80 Å². The zero-order valence-corrected chi connectivity index (χ0v) is 9.93. The van der Waals surface area contributed by atoms with E-state index in [1.165, 1.54) is 24.1 Å². The summed E-state index contributed by atoms with van der Waals surface area (Å²) in [7, 11) is 1.78. The second kappa shape index (κ2) is 4.88. The van der Waals surface area contributed by atoms with Crippen molar-refractivity contribution in [2.45, 2.75) is 38.6 Å². The van der Waals surface area contributed by atoms with Gasteiger partial charge in [0.25, 0.3) is 0 Å². The minimum atomic E-state index is 0.272. The molecule has 3 N–H and O–H groups in total. The van der Waals surface area contributed by atoms with Crippen molar-refractivity contribution in [3.63, 3.8) is 0 Å². The summed E-state index contributed by atoms with van der Waals surface area (Å²) in [6.45, 7) is 2.30. The fraction of sp³-hybridized carbons (Fsp3) is 0.900. The SMILES string of the molecule is CC1CCC(C(Cc2nnn(C)n2)NN)C1. The predicted octanol–water partition coefficient (Wildman–Crippen LogP) is 0.0207. The molecule has 1 aromatic rings. The van der Waals surface area contributed by atoms with Crippen LogP contribution in [0.2, 0.25) is 0 Å². The number of hydrogen-bond donors (Lipinski definition) is 2. The number of tetrazole rings is 1. The van der Waals surface area contributed by atoms with Gasteiger partial charge < -0.3 is 0 Å². The molecule has 3 atom stereocenters. The van der Waals surface area contributed by atoms with Crippen LogP contribution < -0.4 is 11.3 Å². The molecule has 0 radical (unpaired) electrons. The van der Waals surface area contributed by atoms with Crippen molar-refractivity contribution in [2.75, 3.05) is 0 Å². The highest BCUT2D eigenvalue weighted by atomic mass is 15.6. The van der Waals surface area contributed by atoms with E-state index in [9.17, 15) is 0 Å². The van der Waals surface area contributed by atoms with E-state index in [2.05, 4.69) is 27.8 Å². The first kappa shape index (κ1) is 11.5. The first-order chi connectivity index (χ1) is 7.69. The first-order valence-electron chi connectivity index (χ1n) is 5.88. The van der Waals surface area contributed by atoms with E-state index in [1.807, 2.05) is 0 Å². The van der Waals surface area contributed by atoms with Gasteiger partial charge in [0.05, 0.1) is 7.05 Å². The molecule has 1 saturated carbocycles. The van der Waals surface area contributed by atoms with E-state index >= 15 is 0 Å². The van der Waals surface area contributed by atoms with Crippen LogP contribution in [0.5, 0.6) is 0 Å². The summed E-state index contributed by atoms with van der Waals surface area (Å²) in [5.74, 6) is 7.85. The third kappa shape index (κ3) is 2.56. The van der Waals surface area contributed by atoms with E-state index in [1.54, 1.807) is 7.05 Å². The van der Waals surface area contributed by atoms with Crippen LogP contribution in [0, 0.1) is 11.8 Å². The van der Waals surface area contributed by atoms with Gasteiger partial charge in [-0.15, -0.1) is 10.2 Å². The van der Waals surface area contributed by atoms with Crippen LogP contribution in [0.25, 0.3) is 0 Å². The molecule has 0 aliphatic heterocycles. The van der Waals surface area contributed by atoms with Crippen molar-refractivity contribution >= 4 is 0 Å². The molecule has 1 heterocycles. The standard InChI is InChI=1S/C10H20N6/c1-7-3-4-8(5-7)9(12-11)6-10-13-15-16(2)14-10/h7-9,12H,3-6,11H2,1-2H3. The fourth-order valence-electron chi connectivity index (χ4n) is 2.58. The van der Waals surface area contributed by atoms with Gasteiger partial charge in [0.2, 0.25) is 0 Å². The summed E-state index contributed by atoms with van der Waals surface area (Å²) in [6.07, 6.45) is 4.56. The fourth-order valence-corrected chi connectivity index (χ4v) is 2.58. The van der Waals surface area contributed by atoms with Gasteiger partial charge in [-0.05, 0) is 29.9 Å². The molecule has 0 amide bonds. The molecule has 16 heavy (non-hydrogen) atoms. The highest BCUT2D eigenvalue weighted by molar-refractivity contribution is 4.90. The smallest absolute Gasteiger partial charge is 0.176 e. The highest BCUT2D eigenvalue weighted by Gasteiger charge is 2.29. The Bertz CT molecular complexity index is 336. The molecule has 90 valence electrons. The Labute approximate surface area is 95.6 Å². The molecular weight excluding hydrogens is 204 g/mol. The Morgan fingerprint density at radius 2 is 2.38 bits per heavy atom. The van der Waals surface area contributed by atoms with Gasteiger partial charge in [-0.1, -0.05) is 13.3 Å². The van der Waals surface area contributed by atoms with E-state index in [0.717, 1.165) is 18.2 Å². The molecule has 0 aromatic carbocycles. The zero-order chi connectivity index (χ0) is 11.5. The molecule has 6 nitrogen and oxygen atoms in total. The number of nitrogens with two attached hydrogens (primary N) is 1. The number of aryl methyl sites for hydroxylation is 1. The van der Waals surface area contributed by atoms with Crippen molar-refractivity contribution in [1.82, 2.24) is 25.6 Å². The number of aromatic nitrogens is 4. The van der Waals surface area contributed by atoms with Gasteiger partial charge in [-0.3, -0.25) is 11.3 Å². The lowest BCUT2D eigenvalue weighted by Gasteiger charge is -2.21. The lowest BCUT2D eigenvalue weighted by atomic mass is 9.95. The van der Waals surface area contributed by atoms with Gasteiger partial charge in [0.15, 0.2) is 5.82 Å². The first-order valence-corrected chi connectivity index (χ1v) is 5.88. The molecule has 1 aromatic heterocycles. The third-order valence-corrected chi connectivity index (χ3v) is 3.47. The molecule has 3 unspecified atom stereocenters.